The van der Waals surface area contributed by atoms with E-state index in [1.807, 2.05) is 0 Å². The molecule has 11 nitrogen and oxygen atoms in total. The Kier molecular flexibility index (Phi) is 4.63. The molecular weight excluding hydrogens is 344 g/mol. The van der Waals surface area contributed by atoms with E-state index >= 15 is 0 Å². The van der Waals surface area contributed by atoms with E-state index < -0.39 is 31.1 Å². The van der Waals surface area contributed by atoms with Crippen molar-refractivity contribution < 1.29 is 24.8 Å². The minimum atomic E-state index is -1.23. The van der Waals surface area contributed by atoms with Crippen LogP contribution in [0.1, 0.15) is 12.6 Å². The highest BCUT2D eigenvalue weighted by molar-refractivity contribution is 5.85. The summed E-state index contributed by atoms with van der Waals surface area (Å²) in [6.07, 6.45) is -1.98. The van der Waals surface area contributed by atoms with E-state index in [9.17, 15) is 15.3 Å². The van der Waals surface area contributed by atoms with Crippen LogP contribution in [0.4, 0.5) is 11.8 Å². The Bertz CT molecular complexity index is 779. The normalized spacial score (nSPS) is 31.6. The first-order chi connectivity index (χ1) is 12.6. The van der Waals surface area contributed by atoms with Gasteiger partial charge in [0.25, 0.3) is 0 Å². The van der Waals surface area contributed by atoms with Crippen LogP contribution in [0.15, 0.2) is 6.33 Å². The maximum atomic E-state index is 10.4. The molecule has 0 aliphatic carbocycles. The molecule has 2 aromatic rings. The monoisotopic (exact) mass is 366 g/mol. The van der Waals surface area contributed by atoms with Crippen LogP contribution < -0.4 is 10.6 Å². The summed E-state index contributed by atoms with van der Waals surface area (Å²) < 4.78 is 12.6. The smallest absolute Gasteiger partial charge is 0.207 e. The first-order valence-electron chi connectivity index (χ1n) is 8.51. The summed E-state index contributed by atoms with van der Waals surface area (Å²) in [5, 5.41) is 36.0. The van der Waals surface area contributed by atoms with E-state index in [1.165, 1.54) is 6.33 Å². The van der Waals surface area contributed by atoms with Gasteiger partial charge in [0.2, 0.25) is 5.95 Å². The highest BCUT2D eigenvalue weighted by atomic mass is 16.6. The molecule has 4 heterocycles. The Hall–Kier alpha value is -2.05. The number of nitrogens with zero attached hydrogens (tertiary/aromatic N) is 4. The lowest BCUT2D eigenvalue weighted by Crippen LogP contribution is -2.33. The van der Waals surface area contributed by atoms with Gasteiger partial charge in [0.1, 0.15) is 24.6 Å². The van der Waals surface area contributed by atoms with Crippen LogP contribution >= 0.6 is 0 Å². The van der Waals surface area contributed by atoms with Gasteiger partial charge in [-0.2, -0.15) is 0 Å². The summed E-state index contributed by atoms with van der Waals surface area (Å²) in [6, 6.07) is 0.144. The lowest BCUT2D eigenvalue weighted by atomic mass is 10.1. The van der Waals surface area contributed by atoms with Crippen molar-refractivity contribution in [2.24, 2.45) is 0 Å². The molecule has 2 aromatic heterocycles. The molecule has 2 aliphatic rings. The highest BCUT2D eigenvalue weighted by Crippen LogP contribution is 2.35. The van der Waals surface area contributed by atoms with Crippen LogP contribution in [0.2, 0.25) is 0 Å². The van der Waals surface area contributed by atoms with Gasteiger partial charge < -0.3 is 35.4 Å². The molecule has 11 heteroatoms. The molecule has 0 unspecified atom stereocenters. The van der Waals surface area contributed by atoms with Crippen molar-refractivity contribution in [2.45, 2.75) is 37.0 Å². The first-order valence-corrected chi connectivity index (χ1v) is 8.51. The van der Waals surface area contributed by atoms with Crippen LogP contribution in [-0.2, 0) is 9.47 Å². The summed E-state index contributed by atoms with van der Waals surface area (Å²) in [6.45, 7) is 0.893. The minimum absolute atomic E-state index is 0.144. The number of rotatable bonds is 5. The molecule has 2 saturated heterocycles. The Labute approximate surface area is 149 Å². The van der Waals surface area contributed by atoms with Crippen LogP contribution in [0, 0.1) is 0 Å². The summed E-state index contributed by atoms with van der Waals surface area (Å²) in [7, 11) is 1.68. The van der Waals surface area contributed by atoms with Gasteiger partial charge >= 0.3 is 0 Å². The lowest BCUT2D eigenvalue weighted by molar-refractivity contribution is -0.0501. The average molecular weight is 366 g/mol. The predicted octanol–water partition coefficient (Wildman–Crippen LogP) is -1.32. The fourth-order valence-electron chi connectivity index (χ4n) is 3.37. The number of anilines is 2. The van der Waals surface area contributed by atoms with Crippen molar-refractivity contribution in [3.63, 3.8) is 0 Å². The summed E-state index contributed by atoms with van der Waals surface area (Å²) in [5.41, 5.74) is 0.960. The third-order valence-electron chi connectivity index (χ3n) is 4.74. The third kappa shape index (κ3) is 2.77. The van der Waals surface area contributed by atoms with E-state index in [4.69, 9.17) is 9.47 Å². The topological polar surface area (TPSA) is 147 Å². The van der Waals surface area contributed by atoms with E-state index in [2.05, 4.69) is 25.6 Å². The van der Waals surface area contributed by atoms with Crippen LogP contribution in [0.5, 0.6) is 0 Å². The second kappa shape index (κ2) is 6.93. The quantitative estimate of drug-likeness (QED) is 0.432. The molecule has 142 valence electrons. The van der Waals surface area contributed by atoms with Crippen molar-refractivity contribution in [3.05, 3.63) is 6.33 Å². The number of hydrogen-bond acceptors (Lipinski definition) is 10. The van der Waals surface area contributed by atoms with Crippen molar-refractivity contribution in [1.29, 1.82) is 0 Å². The summed E-state index contributed by atoms with van der Waals surface area (Å²) in [5.74, 6) is 0.966. The number of ether oxygens (including phenoxy) is 2. The molecule has 2 aliphatic heterocycles. The van der Waals surface area contributed by atoms with E-state index in [1.54, 1.807) is 11.6 Å². The van der Waals surface area contributed by atoms with Crippen LogP contribution in [-0.4, -0.2) is 86.1 Å². The van der Waals surface area contributed by atoms with Crippen molar-refractivity contribution >= 4 is 22.9 Å². The lowest BCUT2D eigenvalue weighted by Gasteiger charge is -2.19. The minimum Gasteiger partial charge on any atom is -0.394 e. The highest BCUT2D eigenvalue weighted by Gasteiger charge is 2.45. The molecule has 0 spiro atoms. The molecule has 5 N–H and O–H groups in total. The van der Waals surface area contributed by atoms with Crippen molar-refractivity contribution in [3.8, 4) is 0 Å². The van der Waals surface area contributed by atoms with Gasteiger partial charge in [-0.15, -0.1) is 0 Å². The van der Waals surface area contributed by atoms with E-state index in [0.717, 1.165) is 6.42 Å². The number of imidazole rings is 1. The largest absolute Gasteiger partial charge is 0.394 e. The standard InChI is InChI=1S/C15H22N6O5/c1-16-15-20-9-12(19-7-2-3-25-5-7)17-6-18-13(9)21(15)14-11(24)10(23)8(4-22)26-14/h6-8,10-11,14,22-24H,2-5H2,1H3,(H,16,20)(H,17,18,19)/t7-,8-,10-,11-,14-/m1/s1. The Morgan fingerprint density at radius 3 is 2.81 bits per heavy atom. The zero-order chi connectivity index (χ0) is 18.3. The van der Waals surface area contributed by atoms with Gasteiger partial charge in [0.05, 0.1) is 19.3 Å². The molecule has 0 saturated carbocycles. The summed E-state index contributed by atoms with van der Waals surface area (Å²) in [4.78, 5) is 13.1. The molecule has 5 atom stereocenters. The number of aliphatic hydroxyl groups is 3. The molecule has 2 fully saturated rings. The average Bonchev–Trinajstić information content (AvgIpc) is 3.35. The van der Waals surface area contributed by atoms with Gasteiger partial charge in [0.15, 0.2) is 23.2 Å². The van der Waals surface area contributed by atoms with Crippen LogP contribution in [0.3, 0.4) is 0 Å². The number of aliphatic hydroxyl groups excluding tert-OH is 3. The number of fused-ring (bicyclic) bond motifs is 1. The molecular formula is C15H22N6O5. The second-order valence-corrected chi connectivity index (χ2v) is 6.38. The SMILES string of the molecule is CNc1nc2c(N[C@@H]3CCOC3)ncnc2n1[C@@H]1O[C@H](CO)[C@@H](O)[C@H]1O. The Morgan fingerprint density at radius 1 is 1.31 bits per heavy atom. The molecule has 4 rings (SSSR count). The third-order valence-corrected chi connectivity index (χ3v) is 4.74. The Balaban J connectivity index is 1.75. The fraction of sp³-hybridized carbons (Fsp3) is 0.667. The van der Waals surface area contributed by atoms with Crippen LogP contribution in [0.25, 0.3) is 11.2 Å². The molecule has 26 heavy (non-hydrogen) atoms. The molecule has 0 radical (unpaired) electrons. The van der Waals surface area contributed by atoms with Gasteiger partial charge in [-0.3, -0.25) is 4.57 Å². The predicted molar refractivity (Wildman–Crippen MR) is 90.7 cm³/mol. The number of aromatic nitrogens is 4. The Morgan fingerprint density at radius 2 is 2.15 bits per heavy atom. The zero-order valence-electron chi connectivity index (χ0n) is 14.2. The first kappa shape index (κ1) is 17.4. The zero-order valence-corrected chi connectivity index (χ0v) is 14.2. The fourth-order valence-corrected chi connectivity index (χ4v) is 3.37. The maximum absolute atomic E-state index is 10.4. The van der Waals surface area contributed by atoms with Crippen molar-refractivity contribution in [1.82, 2.24) is 19.5 Å². The maximum Gasteiger partial charge on any atom is 0.207 e. The number of hydrogen-bond donors (Lipinski definition) is 5. The second-order valence-electron chi connectivity index (χ2n) is 6.38. The molecule has 0 amide bonds. The van der Waals surface area contributed by atoms with E-state index in [-0.39, 0.29) is 6.04 Å². The van der Waals surface area contributed by atoms with Gasteiger partial charge in [0, 0.05) is 13.7 Å². The van der Waals surface area contributed by atoms with Crippen molar-refractivity contribution in [2.75, 3.05) is 37.5 Å². The van der Waals surface area contributed by atoms with Gasteiger partial charge in [-0.25, -0.2) is 15.0 Å². The number of nitrogens with one attached hydrogen (secondary N) is 2. The van der Waals surface area contributed by atoms with E-state index in [0.29, 0.717) is 36.1 Å². The molecule has 0 aromatic carbocycles. The molecule has 0 bridgehead atoms. The summed E-state index contributed by atoms with van der Waals surface area (Å²) >= 11 is 0. The van der Waals surface area contributed by atoms with Gasteiger partial charge in [-0.05, 0) is 6.42 Å². The van der Waals surface area contributed by atoms with Gasteiger partial charge in [-0.1, -0.05) is 0 Å².